The first-order valence-corrected chi connectivity index (χ1v) is 11.0. The molecule has 1 spiro atoms. The van der Waals surface area contributed by atoms with Crippen LogP contribution in [0.5, 0.6) is 5.75 Å². The average Bonchev–Trinajstić information content (AvgIpc) is 3.33. The lowest BCUT2D eigenvalue weighted by Crippen LogP contribution is -2.46. The van der Waals surface area contributed by atoms with E-state index in [2.05, 4.69) is 30.1 Å². The fourth-order valence-corrected chi connectivity index (χ4v) is 4.92. The summed E-state index contributed by atoms with van der Waals surface area (Å²) in [5.74, 6) is 1.14. The summed E-state index contributed by atoms with van der Waals surface area (Å²) in [4.78, 5) is 19.2. The Bertz CT molecular complexity index is 1020. The van der Waals surface area contributed by atoms with Crippen LogP contribution in [0, 0.1) is 6.92 Å². The molecule has 2 aromatic carbocycles. The van der Waals surface area contributed by atoms with E-state index in [0.29, 0.717) is 0 Å². The van der Waals surface area contributed by atoms with Gasteiger partial charge in [0, 0.05) is 29.6 Å². The molecule has 5 rings (SSSR count). The van der Waals surface area contributed by atoms with Crippen molar-refractivity contribution in [3.05, 3.63) is 58.6 Å². The van der Waals surface area contributed by atoms with Crippen LogP contribution >= 0.6 is 11.3 Å². The van der Waals surface area contributed by atoms with Gasteiger partial charge in [0.25, 0.3) is 5.91 Å². The Kier molecular flexibility index (Phi) is 5.56. The topological polar surface area (TPSA) is 68.5 Å². The Balaban J connectivity index is 0.000000645. The third-order valence-electron chi connectivity index (χ3n) is 5.80. The normalized spacial score (nSPS) is 16.9. The maximum Gasteiger partial charge on any atom is 0.253 e. The molecular formula is C23H27N3O2S. The van der Waals surface area contributed by atoms with Gasteiger partial charge in [-0.1, -0.05) is 24.6 Å². The highest BCUT2D eigenvalue weighted by molar-refractivity contribution is 7.16. The van der Waals surface area contributed by atoms with Gasteiger partial charge < -0.3 is 15.4 Å². The van der Waals surface area contributed by atoms with Crippen LogP contribution in [0.4, 0.5) is 0 Å². The molecule has 1 saturated heterocycles. The number of likely N-dealkylation sites (tertiary alicyclic amines) is 1. The first-order chi connectivity index (χ1) is 14.1. The largest absolute Gasteiger partial charge is 0.492 e. The van der Waals surface area contributed by atoms with Gasteiger partial charge in [0.15, 0.2) is 0 Å². The fraction of sp³-hybridized carbons (Fsp3) is 0.391. The van der Waals surface area contributed by atoms with Crippen molar-refractivity contribution in [1.29, 1.82) is 0 Å². The number of aryl methyl sites for hydroxylation is 1. The van der Waals surface area contributed by atoms with Crippen molar-refractivity contribution in [1.82, 2.24) is 9.88 Å². The summed E-state index contributed by atoms with van der Waals surface area (Å²) in [6.45, 7) is 7.06. The summed E-state index contributed by atoms with van der Waals surface area (Å²) in [6.07, 6.45) is 1.91. The van der Waals surface area contributed by atoms with Crippen LogP contribution in [0.3, 0.4) is 0 Å². The number of hydrogen-bond donors (Lipinski definition) is 1. The predicted molar refractivity (Wildman–Crippen MR) is 118 cm³/mol. The Labute approximate surface area is 175 Å². The van der Waals surface area contributed by atoms with Gasteiger partial charge in [-0.15, -0.1) is 11.3 Å². The van der Waals surface area contributed by atoms with E-state index < -0.39 is 0 Å². The number of rotatable bonds is 1. The summed E-state index contributed by atoms with van der Waals surface area (Å²) < 4.78 is 7.02. The number of hydrogen-bond acceptors (Lipinski definition) is 5. The van der Waals surface area contributed by atoms with E-state index in [4.69, 9.17) is 10.5 Å². The number of thiazole rings is 1. The molecule has 3 heterocycles. The Morgan fingerprint density at radius 2 is 2.00 bits per heavy atom. The lowest BCUT2D eigenvalue weighted by molar-refractivity contribution is 0.0647. The molecule has 2 aliphatic rings. The van der Waals surface area contributed by atoms with Crippen LogP contribution in [0.25, 0.3) is 10.2 Å². The molecular weight excluding hydrogens is 382 g/mol. The monoisotopic (exact) mass is 409 g/mol. The van der Waals surface area contributed by atoms with Crippen LogP contribution in [0.15, 0.2) is 41.9 Å². The molecule has 2 aliphatic heterocycles. The number of benzene rings is 2. The fourth-order valence-electron chi connectivity index (χ4n) is 4.20. The number of piperidine rings is 1. The second-order valence-corrected chi connectivity index (χ2v) is 8.69. The molecule has 0 saturated carbocycles. The minimum atomic E-state index is 0.0692. The van der Waals surface area contributed by atoms with Gasteiger partial charge >= 0.3 is 0 Å². The molecule has 29 heavy (non-hydrogen) atoms. The standard InChI is InChI=1S/C21H20N2O2S.C2H7N/c1-14-2-5-18-16(10-14)21(12-25-18)6-8-23(9-7-21)20(24)15-3-4-17-19(11-15)26-13-22-17;1-2-3/h2-5,10-11,13H,6-9,12H2,1H3;2-3H2,1H3. The van der Waals surface area contributed by atoms with E-state index in [-0.39, 0.29) is 11.3 Å². The van der Waals surface area contributed by atoms with Crippen LogP contribution in [0.2, 0.25) is 0 Å². The highest BCUT2D eigenvalue weighted by Gasteiger charge is 2.43. The SMILES string of the molecule is CCN.Cc1ccc2c(c1)C1(CCN(C(=O)c3ccc4ncsc4c3)CC1)CO2. The van der Waals surface area contributed by atoms with Crippen molar-refractivity contribution < 1.29 is 9.53 Å². The number of carbonyl (C=O) groups excluding carboxylic acids is 1. The summed E-state index contributed by atoms with van der Waals surface area (Å²) in [5, 5.41) is 0. The van der Waals surface area contributed by atoms with Crippen LogP contribution in [-0.2, 0) is 5.41 Å². The molecule has 1 amide bonds. The van der Waals surface area contributed by atoms with E-state index in [0.717, 1.165) is 60.6 Å². The van der Waals surface area contributed by atoms with Crippen molar-refractivity contribution in [2.75, 3.05) is 26.2 Å². The van der Waals surface area contributed by atoms with E-state index in [1.54, 1.807) is 11.3 Å². The second kappa shape index (κ2) is 8.13. The molecule has 0 radical (unpaired) electrons. The number of fused-ring (bicyclic) bond motifs is 3. The minimum Gasteiger partial charge on any atom is -0.492 e. The number of carbonyl (C=O) groups is 1. The summed E-state index contributed by atoms with van der Waals surface area (Å²) in [5.41, 5.74) is 11.1. The lowest BCUT2D eigenvalue weighted by atomic mass is 9.74. The maximum absolute atomic E-state index is 12.9. The van der Waals surface area contributed by atoms with Crippen molar-refractivity contribution in [3.8, 4) is 5.75 Å². The summed E-state index contributed by atoms with van der Waals surface area (Å²) in [6, 6.07) is 12.3. The number of amides is 1. The predicted octanol–water partition coefficient (Wildman–Crippen LogP) is 4.14. The number of nitrogens with zero attached hydrogens (tertiary/aromatic N) is 2. The van der Waals surface area contributed by atoms with Crippen molar-refractivity contribution in [3.63, 3.8) is 0 Å². The Morgan fingerprint density at radius 3 is 2.76 bits per heavy atom. The van der Waals surface area contributed by atoms with Crippen molar-refractivity contribution >= 4 is 27.5 Å². The number of aromatic nitrogens is 1. The van der Waals surface area contributed by atoms with Crippen LogP contribution < -0.4 is 10.5 Å². The van der Waals surface area contributed by atoms with E-state index in [1.165, 1.54) is 11.1 Å². The first kappa shape index (κ1) is 19.9. The van der Waals surface area contributed by atoms with Crippen molar-refractivity contribution in [2.45, 2.75) is 32.1 Å². The van der Waals surface area contributed by atoms with Gasteiger partial charge in [0.2, 0.25) is 0 Å². The second-order valence-electron chi connectivity index (χ2n) is 7.80. The Morgan fingerprint density at radius 1 is 1.24 bits per heavy atom. The zero-order valence-electron chi connectivity index (χ0n) is 17.0. The molecule has 3 aromatic rings. The maximum atomic E-state index is 12.9. The molecule has 0 unspecified atom stereocenters. The van der Waals surface area contributed by atoms with Gasteiger partial charge in [0.1, 0.15) is 5.75 Å². The molecule has 152 valence electrons. The molecule has 0 aliphatic carbocycles. The average molecular weight is 410 g/mol. The molecule has 1 aromatic heterocycles. The number of nitrogens with two attached hydrogens (primary N) is 1. The van der Waals surface area contributed by atoms with Crippen LogP contribution in [-0.4, -0.2) is 42.0 Å². The quantitative estimate of drug-likeness (QED) is 0.656. The molecule has 1 fully saturated rings. The van der Waals surface area contributed by atoms with Gasteiger partial charge in [-0.3, -0.25) is 4.79 Å². The zero-order valence-corrected chi connectivity index (χ0v) is 17.8. The summed E-state index contributed by atoms with van der Waals surface area (Å²) in [7, 11) is 0. The smallest absolute Gasteiger partial charge is 0.253 e. The third kappa shape index (κ3) is 3.74. The highest BCUT2D eigenvalue weighted by atomic mass is 32.1. The molecule has 0 atom stereocenters. The van der Waals surface area contributed by atoms with E-state index in [1.807, 2.05) is 35.5 Å². The Hall–Kier alpha value is -2.44. The molecule has 0 bridgehead atoms. The molecule has 6 heteroatoms. The minimum absolute atomic E-state index is 0.0692. The zero-order chi connectivity index (χ0) is 20.4. The van der Waals surface area contributed by atoms with Crippen molar-refractivity contribution in [2.24, 2.45) is 5.73 Å². The van der Waals surface area contributed by atoms with Gasteiger partial charge in [-0.2, -0.15) is 0 Å². The highest BCUT2D eigenvalue weighted by Crippen LogP contribution is 2.45. The first-order valence-electron chi connectivity index (χ1n) is 10.1. The van der Waals surface area contributed by atoms with Gasteiger partial charge in [-0.25, -0.2) is 4.98 Å². The lowest BCUT2D eigenvalue weighted by Gasteiger charge is -2.38. The van der Waals surface area contributed by atoms with E-state index >= 15 is 0 Å². The van der Waals surface area contributed by atoms with Gasteiger partial charge in [0.05, 0.1) is 22.3 Å². The third-order valence-corrected chi connectivity index (χ3v) is 6.59. The van der Waals surface area contributed by atoms with Gasteiger partial charge in [-0.05, 0) is 50.6 Å². The van der Waals surface area contributed by atoms with E-state index in [9.17, 15) is 4.79 Å². The number of ether oxygens (including phenoxy) is 1. The molecule has 2 N–H and O–H groups in total. The van der Waals surface area contributed by atoms with Crippen LogP contribution in [0.1, 0.15) is 41.3 Å². The molecule has 5 nitrogen and oxygen atoms in total. The summed E-state index contributed by atoms with van der Waals surface area (Å²) >= 11 is 1.58.